The van der Waals surface area contributed by atoms with E-state index >= 15 is 0 Å². The summed E-state index contributed by atoms with van der Waals surface area (Å²) in [5, 5.41) is 2.84. The number of carbonyl (C=O) groups is 2. The predicted molar refractivity (Wildman–Crippen MR) is 84.3 cm³/mol. The molecule has 0 spiro atoms. The molecule has 0 unspecified atom stereocenters. The molecule has 0 bridgehead atoms. The molecule has 1 heterocycles. The van der Waals surface area contributed by atoms with E-state index in [-0.39, 0.29) is 12.0 Å². The van der Waals surface area contributed by atoms with Crippen LogP contribution in [-0.2, 0) is 4.74 Å². The van der Waals surface area contributed by atoms with Gasteiger partial charge in [-0.1, -0.05) is 23.8 Å². The minimum atomic E-state index is -0.359. The summed E-state index contributed by atoms with van der Waals surface area (Å²) in [6, 6.07) is 14.5. The Morgan fingerprint density at radius 1 is 1.18 bits per heavy atom. The molecule has 0 aromatic heterocycles. The maximum absolute atomic E-state index is 12.2. The summed E-state index contributed by atoms with van der Waals surface area (Å²) < 4.78 is 4.92. The molecular formula is C17H16N2O3. The Hall–Kier alpha value is -2.82. The summed E-state index contributed by atoms with van der Waals surface area (Å²) in [6.07, 6.45) is -0.359. The van der Waals surface area contributed by atoms with Crippen LogP contribution < -0.4 is 10.2 Å². The number of hydrogen-bond donors (Lipinski definition) is 1. The molecule has 1 saturated heterocycles. The first-order valence-corrected chi connectivity index (χ1v) is 7.06. The van der Waals surface area contributed by atoms with Crippen LogP contribution in [0, 0.1) is 6.92 Å². The SMILES string of the molecule is Cc1ccc(C(=O)Nc2cccc(N3CCOC3=O)c2)cc1. The molecule has 1 aliphatic rings. The first-order chi connectivity index (χ1) is 10.6. The van der Waals surface area contributed by atoms with Crippen molar-refractivity contribution in [3.63, 3.8) is 0 Å². The van der Waals surface area contributed by atoms with Crippen molar-refractivity contribution in [3.05, 3.63) is 59.7 Å². The lowest BCUT2D eigenvalue weighted by Gasteiger charge is -2.14. The van der Waals surface area contributed by atoms with Gasteiger partial charge in [-0.3, -0.25) is 9.69 Å². The third-order valence-corrected chi connectivity index (χ3v) is 3.49. The average molecular weight is 296 g/mol. The van der Waals surface area contributed by atoms with E-state index in [1.165, 1.54) is 0 Å². The van der Waals surface area contributed by atoms with Crippen molar-refractivity contribution in [2.75, 3.05) is 23.4 Å². The number of cyclic esters (lactones) is 1. The minimum Gasteiger partial charge on any atom is -0.447 e. The number of ether oxygens (including phenoxy) is 1. The fourth-order valence-electron chi connectivity index (χ4n) is 2.29. The molecule has 112 valence electrons. The average Bonchev–Trinajstić information content (AvgIpc) is 2.94. The summed E-state index contributed by atoms with van der Waals surface area (Å²) in [4.78, 5) is 25.3. The first-order valence-electron chi connectivity index (χ1n) is 7.06. The summed E-state index contributed by atoms with van der Waals surface area (Å²) in [5.41, 5.74) is 3.05. The van der Waals surface area contributed by atoms with Crippen molar-refractivity contribution < 1.29 is 14.3 Å². The van der Waals surface area contributed by atoms with E-state index in [0.29, 0.717) is 30.1 Å². The third kappa shape index (κ3) is 2.93. The number of benzene rings is 2. The Bertz CT molecular complexity index is 710. The number of rotatable bonds is 3. The second-order valence-corrected chi connectivity index (χ2v) is 5.14. The van der Waals surface area contributed by atoms with Crippen LogP contribution in [-0.4, -0.2) is 25.2 Å². The molecule has 0 saturated carbocycles. The van der Waals surface area contributed by atoms with Gasteiger partial charge in [0.05, 0.1) is 6.54 Å². The predicted octanol–water partition coefficient (Wildman–Crippen LogP) is 3.20. The Balaban J connectivity index is 1.76. The maximum Gasteiger partial charge on any atom is 0.414 e. The van der Waals surface area contributed by atoms with Gasteiger partial charge in [0.25, 0.3) is 5.91 Å². The second kappa shape index (κ2) is 5.89. The molecule has 1 N–H and O–H groups in total. The largest absolute Gasteiger partial charge is 0.447 e. The van der Waals surface area contributed by atoms with Gasteiger partial charge in [-0.25, -0.2) is 4.79 Å². The molecule has 0 aliphatic carbocycles. The lowest BCUT2D eigenvalue weighted by molar-refractivity contribution is 0.102. The summed E-state index contributed by atoms with van der Waals surface area (Å²) in [5.74, 6) is -0.179. The molecule has 22 heavy (non-hydrogen) atoms. The maximum atomic E-state index is 12.2. The lowest BCUT2D eigenvalue weighted by atomic mass is 10.1. The van der Waals surface area contributed by atoms with Crippen LogP contribution in [0.1, 0.15) is 15.9 Å². The highest BCUT2D eigenvalue weighted by molar-refractivity contribution is 6.04. The molecular weight excluding hydrogens is 280 g/mol. The monoisotopic (exact) mass is 296 g/mol. The van der Waals surface area contributed by atoms with Crippen molar-refractivity contribution in [1.82, 2.24) is 0 Å². The highest BCUT2D eigenvalue weighted by Gasteiger charge is 2.23. The van der Waals surface area contributed by atoms with Crippen LogP contribution in [0.25, 0.3) is 0 Å². The van der Waals surface area contributed by atoms with Crippen molar-refractivity contribution in [2.45, 2.75) is 6.92 Å². The molecule has 5 heteroatoms. The highest BCUT2D eigenvalue weighted by Crippen LogP contribution is 2.22. The van der Waals surface area contributed by atoms with Crippen LogP contribution in [0.15, 0.2) is 48.5 Å². The molecule has 2 aromatic rings. The van der Waals surface area contributed by atoms with Gasteiger partial charge in [0.2, 0.25) is 0 Å². The Labute approximate surface area is 128 Å². The van der Waals surface area contributed by atoms with E-state index in [9.17, 15) is 9.59 Å². The van der Waals surface area contributed by atoms with Crippen LogP contribution in [0.3, 0.4) is 0 Å². The molecule has 5 nitrogen and oxygen atoms in total. The van der Waals surface area contributed by atoms with Crippen LogP contribution in [0.4, 0.5) is 16.2 Å². The Morgan fingerprint density at radius 2 is 1.95 bits per heavy atom. The normalized spacial score (nSPS) is 13.9. The number of anilines is 2. The van der Waals surface area contributed by atoms with E-state index in [0.717, 1.165) is 5.56 Å². The topological polar surface area (TPSA) is 58.6 Å². The number of carbonyl (C=O) groups excluding carboxylic acids is 2. The van der Waals surface area contributed by atoms with E-state index in [2.05, 4.69) is 5.32 Å². The standard InChI is InChI=1S/C17H16N2O3/c1-12-5-7-13(8-6-12)16(20)18-14-3-2-4-15(11-14)19-9-10-22-17(19)21/h2-8,11H,9-10H2,1H3,(H,18,20). The molecule has 2 aromatic carbocycles. The molecule has 0 atom stereocenters. The van der Waals surface area contributed by atoms with E-state index < -0.39 is 0 Å². The smallest absolute Gasteiger partial charge is 0.414 e. The fraction of sp³-hybridized carbons (Fsp3) is 0.176. The minimum absolute atomic E-state index is 0.179. The Morgan fingerprint density at radius 3 is 2.64 bits per heavy atom. The Kier molecular flexibility index (Phi) is 3.78. The fourth-order valence-corrected chi connectivity index (χ4v) is 2.29. The molecule has 1 aliphatic heterocycles. The zero-order valence-corrected chi connectivity index (χ0v) is 12.2. The third-order valence-electron chi connectivity index (χ3n) is 3.49. The van der Waals surface area contributed by atoms with Gasteiger partial charge < -0.3 is 10.1 Å². The first kappa shape index (κ1) is 14.1. The van der Waals surface area contributed by atoms with Gasteiger partial charge in [-0.2, -0.15) is 0 Å². The van der Waals surface area contributed by atoms with E-state index in [1.54, 1.807) is 35.2 Å². The van der Waals surface area contributed by atoms with Crippen molar-refractivity contribution in [3.8, 4) is 0 Å². The molecule has 3 rings (SSSR count). The van der Waals surface area contributed by atoms with Gasteiger partial charge in [-0.15, -0.1) is 0 Å². The highest BCUT2D eigenvalue weighted by atomic mass is 16.6. The van der Waals surface area contributed by atoms with E-state index in [4.69, 9.17) is 4.74 Å². The van der Waals surface area contributed by atoms with Crippen molar-refractivity contribution in [1.29, 1.82) is 0 Å². The number of aryl methyl sites for hydroxylation is 1. The van der Waals surface area contributed by atoms with Gasteiger partial charge >= 0.3 is 6.09 Å². The number of nitrogens with one attached hydrogen (secondary N) is 1. The van der Waals surface area contributed by atoms with Crippen LogP contribution in [0.2, 0.25) is 0 Å². The van der Waals surface area contributed by atoms with Gasteiger partial charge in [0.1, 0.15) is 6.61 Å². The quantitative estimate of drug-likeness (QED) is 0.946. The van der Waals surface area contributed by atoms with Crippen LogP contribution in [0.5, 0.6) is 0 Å². The second-order valence-electron chi connectivity index (χ2n) is 5.14. The summed E-state index contributed by atoms with van der Waals surface area (Å²) >= 11 is 0. The number of amides is 2. The van der Waals surface area contributed by atoms with Crippen molar-refractivity contribution in [2.24, 2.45) is 0 Å². The number of hydrogen-bond acceptors (Lipinski definition) is 3. The summed E-state index contributed by atoms with van der Waals surface area (Å²) in [7, 11) is 0. The number of nitrogens with zero attached hydrogens (tertiary/aromatic N) is 1. The zero-order chi connectivity index (χ0) is 15.5. The van der Waals surface area contributed by atoms with Crippen LogP contribution >= 0.6 is 0 Å². The zero-order valence-electron chi connectivity index (χ0n) is 12.2. The van der Waals surface area contributed by atoms with Gasteiger partial charge in [0.15, 0.2) is 0 Å². The van der Waals surface area contributed by atoms with Gasteiger partial charge in [-0.05, 0) is 37.3 Å². The lowest BCUT2D eigenvalue weighted by Crippen LogP contribution is -2.23. The molecule has 1 fully saturated rings. The molecule has 0 radical (unpaired) electrons. The van der Waals surface area contributed by atoms with E-state index in [1.807, 2.05) is 25.1 Å². The van der Waals surface area contributed by atoms with Gasteiger partial charge in [0, 0.05) is 16.9 Å². The molecule has 2 amide bonds. The summed E-state index contributed by atoms with van der Waals surface area (Å²) in [6.45, 7) is 2.88. The van der Waals surface area contributed by atoms with Crippen molar-refractivity contribution >= 4 is 23.4 Å².